The maximum atomic E-state index is 14.0. The van der Waals surface area contributed by atoms with Crippen LogP contribution < -0.4 is 0 Å². The van der Waals surface area contributed by atoms with Crippen molar-refractivity contribution < 1.29 is 53.4 Å². The van der Waals surface area contributed by atoms with Gasteiger partial charge in [0.1, 0.15) is 35.2 Å². The maximum Gasteiger partial charge on any atom is 0.342 e. The average Bonchev–Trinajstić information content (AvgIpc) is 2.68. The second-order valence-electron chi connectivity index (χ2n) is 6.49. The number of halogens is 2. The molecule has 0 spiro atoms. The summed E-state index contributed by atoms with van der Waals surface area (Å²) in [5, 5.41) is 48.3. The molecule has 0 bridgehead atoms. The lowest BCUT2D eigenvalue weighted by Crippen LogP contribution is -2.61. The first-order valence-electron chi connectivity index (χ1n) is 8.52. The minimum absolute atomic E-state index is 0.0722. The Morgan fingerprint density at radius 3 is 2.33 bits per heavy atom. The van der Waals surface area contributed by atoms with Crippen molar-refractivity contribution in [3.05, 3.63) is 53.6 Å². The number of hydrogen-bond acceptors (Lipinski definition) is 8. The molecular formula is C19H16F2O9. The number of esters is 1. The molecule has 11 heteroatoms. The molecule has 0 radical (unpaired) electrons. The molecule has 9 nitrogen and oxygen atoms in total. The highest BCUT2D eigenvalue weighted by molar-refractivity contribution is 5.94. The molecule has 1 aliphatic heterocycles. The van der Waals surface area contributed by atoms with E-state index in [-0.39, 0.29) is 11.1 Å². The van der Waals surface area contributed by atoms with E-state index in [4.69, 9.17) is 4.74 Å². The molecule has 3 rings (SSSR count). The average molecular weight is 426 g/mol. The third-order valence-electron chi connectivity index (χ3n) is 4.51. The van der Waals surface area contributed by atoms with E-state index in [0.717, 1.165) is 24.3 Å². The van der Waals surface area contributed by atoms with E-state index >= 15 is 0 Å². The Bertz CT molecular complexity index is 980. The summed E-state index contributed by atoms with van der Waals surface area (Å²) in [4.78, 5) is 23.8. The number of ether oxygens (including phenoxy) is 2. The van der Waals surface area contributed by atoms with Gasteiger partial charge in [0.2, 0.25) is 0 Å². The lowest BCUT2D eigenvalue weighted by Gasteiger charge is -2.38. The minimum atomic E-state index is -2.03. The number of aliphatic carboxylic acids is 1. The Morgan fingerprint density at radius 1 is 1.00 bits per heavy atom. The van der Waals surface area contributed by atoms with Crippen molar-refractivity contribution in [2.24, 2.45) is 0 Å². The molecule has 1 fully saturated rings. The van der Waals surface area contributed by atoms with Crippen LogP contribution in [0, 0.1) is 11.6 Å². The lowest BCUT2D eigenvalue weighted by molar-refractivity contribution is -0.279. The highest BCUT2D eigenvalue weighted by Crippen LogP contribution is 2.30. The largest absolute Gasteiger partial charge is 0.507 e. The van der Waals surface area contributed by atoms with Crippen LogP contribution in [0.25, 0.3) is 11.1 Å². The van der Waals surface area contributed by atoms with E-state index in [1.54, 1.807) is 0 Å². The van der Waals surface area contributed by atoms with Gasteiger partial charge in [-0.3, -0.25) is 0 Å². The third-order valence-corrected chi connectivity index (χ3v) is 4.51. The zero-order valence-electron chi connectivity index (χ0n) is 15.0. The maximum absolute atomic E-state index is 14.0. The summed E-state index contributed by atoms with van der Waals surface area (Å²) in [7, 11) is 0. The summed E-state index contributed by atoms with van der Waals surface area (Å²) in [5.41, 5.74) is -0.537. The van der Waals surface area contributed by atoms with Gasteiger partial charge >= 0.3 is 11.9 Å². The third kappa shape index (κ3) is 4.09. The highest BCUT2D eigenvalue weighted by atomic mass is 19.1. The molecule has 0 unspecified atom stereocenters. The summed E-state index contributed by atoms with van der Waals surface area (Å²) in [5.74, 6) is -5.37. The molecule has 1 saturated heterocycles. The van der Waals surface area contributed by atoms with Crippen LogP contribution in [0.5, 0.6) is 5.75 Å². The summed E-state index contributed by atoms with van der Waals surface area (Å²) in [6.45, 7) is 0. The molecule has 1 heterocycles. The highest BCUT2D eigenvalue weighted by Gasteiger charge is 2.49. The van der Waals surface area contributed by atoms with Crippen molar-refractivity contribution in [2.75, 3.05) is 0 Å². The van der Waals surface area contributed by atoms with E-state index in [1.165, 1.54) is 6.07 Å². The fourth-order valence-electron chi connectivity index (χ4n) is 2.96. The molecule has 30 heavy (non-hydrogen) atoms. The molecule has 0 aliphatic carbocycles. The summed E-state index contributed by atoms with van der Waals surface area (Å²) in [6.07, 6.45) is -9.96. The van der Waals surface area contributed by atoms with E-state index in [0.29, 0.717) is 6.07 Å². The second-order valence-corrected chi connectivity index (χ2v) is 6.49. The van der Waals surface area contributed by atoms with Crippen LogP contribution in [0.1, 0.15) is 10.4 Å². The SMILES string of the molecule is O=C(O[C@H]1[C@H](O)[C@@H](O)[C@H](O)O[C@@H]1C(=O)O)c1cc(-c2ccc(F)cc2F)ccc1O. The molecule has 2 aromatic rings. The number of benzene rings is 2. The van der Waals surface area contributed by atoms with Crippen LogP contribution >= 0.6 is 0 Å². The number of carboxylic acids is 1. The smallest absolute Gasteiger partial charge is 0.342 e. The molecule has 5 N–H and O–H groups in total. The Balaban J connectivity index is 1.91. The van der Waals surface area contributed by atoms with Crippen molar-refractivity contribution in [3.8, 4) is 16.9 Å². The van der Waals surface area contributed by atoms with Gasteiger partial charge in [0.05, 0.1) is 0 Å². The van der Waals surface area contributed by atoms with Gasteiger partial charge in [-0.2, -0.15) is 0 Å². The number of phenolic OH excluding ortho intramolecular Hbond substituents is 1. The number of carboxylic acid groups (broad SMARTS) is 1. The van der Waals surface area contributed by atoms with Gasteiger partial charge in [0, 0.05) is 11.6 Å². The van der Waals surface area contributed by atoms with Crippen molar-refractivity contribution >= 4 is 11.9 Å². The second kappa shape index (κ2) is 8.32. The monoisotopic (exact) mass is 426 g/mol. The standard InChI is InChI=1S/C19H16F2O9/c20-8-2-3-9(11(21)6-8)7-1-4-12(22)10(5-7)18(27)29-15-13(23)14(24)19(28)30-16(15)17(25)26/h1-6,13-16,19,22-24,28H,(H,25,26)/t13-,14-,15+,16+,19-/m1/s1. The number of carbonyl (C=O) groups is 2. The first kappa shape index (κ1) is 21.6. The number of hydrogen-bond donors (Lipinski definition) is 5. The summed E-state index contributed by atoms with van der Waals surface area (Å²) < 4.78 is 36.7. The van der Waals surface area contributed by atoms with Crippen LogP contribution in [0.15, 0.2) is 36.4 Å². The molecule has 2 aromatic carbocycles. The van der Waals surface area contributed by atoms with Crippen LogP contribution in [-0.4, -0.2) is 68.2 Å². The Kier molecular flexibility index (Phi) is 5.99. The first-order chi connectivity index (χ1) is 14.1. The molecular weight excluding hydrogens is 410 g/mol. The Morgan fingerprint density at radius 2 is 1.70 bits per heavy atom. The van der Waals surface area contributed by atoms with Crippen molar-refractivity contribution in [1.82, 2.24) is 0 Å². The minimum Gasteiger partial charge on any atom is -0.507 e. The van der Waals surface area contributed by atoms with Gasteiger partial charge < -0.3 is 35.0 Å². The Hall–Kier alpha value is -3.12. The van der Waals surface area contributed by atoms with Gasteiger partial charge in [-0.25, -0.2) is 18.4 Å². The van der Waals surface area contributed by atoms with Crippen LogP contribution in [-0.2, 0) is 14.3 Å². The van der Waals surface area contributed by atoms with E-state index in [1.807, 2.05) is 0 Å². The fourth-order valence-corrected chi connectivity index (χ4v) is 2.96. The molecule has 1 aliphatic rings. The number of aromatic hydroxyl groups is 1. The van der Waals surface area contributed by atoms with Gasteiger partial charge in [-0.05, 0) is 29.8 Å². The fraction of sp³-hybridized carbons (Fsp3) is 0.263. The van der Waals surface area contributed by atoms with Gasteiger partial charge in [0.25, 0.3) is 0 Å². The van der Waals surface area contributed by atoms with Gasteiger partial charge in [0.15, 0.2) is 18.5 Å². The van der Waals surface area contributed by atoms with Crippen LogP contribution in [0.3, 0.4) is 0 Å². The number of aliphatic hydroxyl groups is 3. The number of rotatable bonds is 4. The quantitative estimate of drug-likeness (QED) is 0.437. The predicted molar refractivity (Wildman–Crippen MR) is 93.2 cm³/mol. The summed E-state index contributed by atoms with van der Waals surface area (Å²) >= 11 is 0. The van der Waals surface area contributed by atoms with Crippen molar-refractivity contribution in [3.63, 3.8) is 0 Å². The number of phenols is 1. The van der Waals surface area contributed by atoms with Crippen molar-refractivity contribution in [1.29, 1.82) is 0 Å². The molecule has 160 valence electrons. The number of aliphatic hydroxyl groups excluding tert-OH is 3. The molecule has 5 atom stereocenters. The van der Waals surface area contributed by atoms with E-state index in [2.05, 4.69) is 4.74 Å². The normalized spacial score (nSPS) is 26.2. The van der Waals surface area contributed by atoms with E-state index in [9.17, 15) is 43.9 Å². The predicted octanol–water partition coefficient (Wildman–Crippen LogP) is 0.386. The molecule has 0 saturated carbocycles. The van der Waals surface area contributed by atoms with Gasteiger partial charge in [-0.1, -0.05) is 6.07 Å². The van der Waals surface area contributed by atoms with Crippen molar-refractivity contribution in [2.45, 2.75) is 30.7 Å². The molecule has 0 amide bonds. The lowest BCUT2D eigenvalue weighted by atomic mass is 9.98. The zero-order chi connectivity index (χ0) is 22.2. The topological polar surface area (TPSA) is 154 Å². The van der Waals surface area contributed by atoms with Crippen LogP contribution in [0.4, 0.5) is 8.78 Å². The van der Waals surface area contributed by atoms with Crippen LogP contribution in [0.2, 0.25) is 0 Å². The number of carbonyl (C=O) groups excluding carboxylic acids is 1. The summed E-state index contributed by atoms with van der Waals surface area (Å²) in [6, 6.07) is 6.04. The van der Waals surface area contributed by atoms with Gasteiger partial charge in [-0.15, -0.1) is 0 Å². The first-order valence-corrected chi connectivity index (χ1v) is 8.52. The Labute approximate surface area is 167 Å². The molecule has 0 aromatic heterocycles. The zero-order valence-corrected chi connectivity index (χ0v) is 15.0. The van der Waals surface area contributed by atoms with E-state index < -0.39 is 65.6 Å².